The van der Waals surface area contributed by atoms with Gasteiger partial charge in [0.15, 0.2) is 0 Å². The fourth-order valence-electron chi connectivity index (χ4n) is 2.64. The number of methoxy groups -OCH3 is 1. The van der Waals surface area contributed by atoms with Gasteiger partial charge in [-0.3, -0.25) is 0 Å². The molecule has 0 amide bonds. The van der Waals surface area contributed by atoms with Crippen molar-refractivity contribution in [2.75, 3.05) is 26.8 Å². The van der Waals surface area contributed by atoms with Gasteiger partial charge in [-0.1, -0.05) is 38.8 Å². The van der Waals surface area contributed by atoms with Gasteiger partial charge >= 0.3 is 0 Å². The molecule has 3 heteroatoms. The van der Waals surface area contributed by atoms with Crippen LogP contribution in [0.3, 0.4) is 0 Å². The zero-order chi connectivity index (χ0) is 14.8. The summed E-state index contributed by atoms with van der Waals surface area (Å²) in [5.74, 6) is 0.883. The quantitative estimate of drug-likeness (QED) is 0.655. The highest BCUT2D eigenvalue weighted by Gasteiger charge is 2.15. The highest BCUT2D eigenvalue weighted by molar-refractivity contribution is 5.21. The minimum atomic E-state index is -0.146. The molecule has 0 fully saturated rings. The van der Waals surface area contributed by atoms with Crippen molar-refractivity contribution < 1.29 is 9.13 Å². The molecule has 1 aromatic rings. The van der Waals surface area contributed by atoms with Crippen LogP contribution >= 0.6 is 0 Å². The number of ether oxygens (including phenoxy) is 1. The van der Waals surface area contributed by atoms with E-state index in [1.807, 2.05) is 6.07 Å². The lowest BCUT2D eigenvalue weighted by Gasteiger charge is -2.22. The van der Waals surface area contributed by atoms with Crippen molar-refractivity contribution in [2.45, 2.75) is 39.0 Å². The summed E-state index contributed by atoms with van der Waals surface area (Å²) in [5, 5.41) is 3.40. The summed E-state index contributed by atoms with van der Waals surface area (Å²) < 4.78 is 18.5. The van der Waals surface area contributed by atoms with E-state index >= 15 is 0 Å². The zero-order valence-corrected chi connectivity index (χ0v) is 13.0. The Morgan fingerprint density at radius 3 is 2.80 bits per heavy atom. The van der Waals surface area contributed by atoms with Crippen LogP contribution in [0.1, 0.15) is 44.6 Å². The minimum Gasteiger partial charge on any atom is -0.383 e. The first kappa shape index (κ1) is 17.1. The molecule has 0 bridgehead atoms. The molecular weight excluding hydrogens is 253 g/mol. The molecule has 2 unspecified atom stereocenters. The third-order valence-corrected chi connectivity index (χ3v) is 3.66. The van der Waals surface area contributed by atoms with Crippen molar-refractivity contribution in [2.24, 2.45) is 5.92 Å². The van der Waals surface area contributed by atoms with E-state index in [9.17, 15) is 4.39 Å². The fraction of sp³-hybridized carbons (Fsp3) is 0.647. The highest BCUT2D eigenvalue weighted by Crippen LogP contribution is 2.26. The van der Waals surface area contributed by atoms with Crippen LogP contribution in [-0.2, 0) is 4.74 Å². The average Bonchev–Trinajstić information content (AvgIpc) is 2.42. The van der Waals surface area contributed by atoms with E-state index in [2.05, 4.69) is 19.2 Å². The van der Waals surface area contributed by atoms with Gasteiger partial charge in [0.05, 0.1) is 6.61 Å². The molecule has 2 atom stereocenters. The van der Waals surface area contributed by atoms with Gasteiger partial charge in [-0.05, 0) is 36.0 Å². The minimum absolute atomic E-state index is 0.146. The summed E-state index contributed by atoms with van der Waals surface area (Å²) in [4.78, 5) is 0. The SMILES string of the molecule is CCCC(C)CC(CNCCOC)c1cccc(F)c1. The molecule has 20 heavy (non-hydrogen) atoms. The second kappa shape index (κ2) is 9.89. The van der Waals surface area contributed by atoms with Gasteiger partial charge < -0.3 is 10.1 Å². The lowest BCUT2D eigenvalue weighted by Crippen LogP contribution is -2.26. The van der Waals surface area contributed by atoms with E-state index in [-0.39, 0.29) is 5.82 Å². The maximum atomic E-state index is 13.4. The van der Waals surface area contributed by atoms with E-state index in [4.69, 9.17) is 4.74 Å². The Labute approximate surface area is 122 Å². The molecule has 1 N–H and O–H groups in total. The lowest BCUT2D eigenvalue weighted by atomic mass is 9.87. The first-order chi connectivity index (χ1) is 9.67. The maximum absolute atomic E-state index is 13.4. The predicted molar refractivity (Wildman–Crippen MR) is 82.6 cm³/mol. The maximum Gasteiger partial charge on any atom is 0.123 e. The van der Waals surface area contributed by atoms with Crippen LogP contribution in [-0.4, -0.2) is 26.8 Å². The molecule has 1 aromatic carbocycles. The first-order valence-electron chi connectivity index (χ1n) is 7.62. The van der Waals surface area contributed by atoms with E-state index in [1.54, 1.807) is 19.2 Å². The van der Waals surface area contributed by atoms with Crippen LogP contribution < -0.4 is 5.32 Å². The van der Waals surface area contributed by atoms with Gasteiger partial charge in [0.1, 0.15) is 5.82 Å². The van der Waals surface area contributed by atoms with Crippen LogP contribution in [0, 0.1) is 11.7 Å². The Morgan fingerprint density at radius 2 is 2.15 bits per heavy atom. The number of nitrogens with one attached hydrogen (secondary N) is 1. The largest absolute Gasteiger partial charge is 0.383 e. The van der Waals surface area contributed by atoms with E-state index in [0.717, 1.165) is 25.1 Å². The normalized spacial score (nSPS) is 14.2. The van der Waals surface area contributed by atoms with Crippen LogP contribution in [0.5, 0.6) is 0 Å². The number of hydrogen-bond donors (Lipinski definition) is 1. The van der Waals surface area contributed by atoms with Crippen molar-refractivity contribution in [1.29, 1.82) is 0 Å². The fourth-order valence-corrected chi connectivity index (χ4v) is 2.64. The van der Waals surface area contributed by atoms with Crippen LogP contribution in [0.4, 0.5) is 4.39 Å². The van der Waals surface area contributed by atoms with Crippen molar-refractivity contribution in [3.05, 3.63) is 35.6 Å². The Kier molecular flexibility index (Phi) is 8.47. The van der Waals surface area contributed by atoms with Gasteiger partial charge in [-0.2, -0.15) is 0 Å². The molecule has 0 spiro atoms. The summed E-state index contributed by atoms with van der Waals surface area (Å²) >= 11 is 0. The van der Waals surface area contributed by atoms with Crippen LogP contribution in [0.25, 0.3) is 0 Å². The van der Waals surface area contributed by atoms with Crippen LogP contribution in [0.2, 0.25) is 0 Å². The topological polar surface area (TPSA) is 21.3 Å². The third-order valence-electron chi connectivity index (χ3n) is 3.66. The summed E-state index contributed by atoms with van der Waals surface area (Å²) in [6.07, 6.45) is 3.52. The molecule has 0 aliphatic rings. The van der Waals surface area contributed by atoms with Gasteiger partial charge in [0, 0.05) is 20.2 Å². The molecule has 0 aromatic heterocycles. The van der Waals surface area contributed by atoms with Gasteiger partial charge in [-0.25, -0.2) is 4.39 Å². The van der Waals surface area contributed by atoms with Crippen molar-refractivity contribution in [1.82, 2.24) is 5.32 Å². The van der Waals surface area contributed by atoms with E-state index in [1.165, 1.54) is 18.9 Å². The monoisotopic (exact) mass is 281 g/mol. The molecule has 114 valence electrons. The molecule has 0 heterocycles. The highest BCUT2D eigenvalue weighted by atomic mass is 19.1. The Bertz CT molecular complexity index is 370. The summed E-state index contributed by atoms with van der Waals surface area (Å²) in [5.41, 5.74) is 1.10. The van der Waals surface area contributed by atoms with E-state index in [0.29, 0.717) is 18.4 Å². The molecule has 0 saturated carbocycles. The number of hydrogen-bond acceptors (Lipinski definition) is 2. The second-order valence-electron chi connectivity index (χ2n) is 5.58. The van der Waals surface area contributed by atoms with Gasteiger partial charge in [-0.15, -0.1) is 0 Å². The lowest BCUT2D eigenvalue weighted by molar-refractivity contribution is 0.198. The summed E-state index contributed by atoms with van der Waals surface area (Å²) in [6, 6.07) is 7.01. The molecule has 1 rings (SSSR count). The third kappa shape index (κ3) is 6.49. The molecule has 0 aliphatic carbocycles. The zero-order valence-electron chi connectivity index (χ0n) is 13.0. The van der Waals surface area contributed by atoms with Crippen molar-refractivity contribution >= 4 is 0 Å². The molecule has 0 saturated heterocycles. The Balaban J connectivity index is 2.62. The van der Waals surface area contributed by atoms with Crippen LogP contribution in [0.15, 0.2) is 24.3 Å². The smallest absolute Gasteiger partial charge is 0.123 e. The number of benzene rings is 1. The second-order valence-corrected chi connectivity index (χ2v) is 5.58. The summed E-state index contributed by atoms with van der Waals surface area (Å²) in [6.45, 7) is 6.92. The summed E-state index contributed by atoms with van der Waals surface area (Å²) in [7, 11) is 1.70. The average molecular weight is 281 g/mol. The predicted octanol–water partition coefficient (Wildman–Crippen LogP) is 3.97. The molecular formula is C17H28FNO. The van der Waals surface area contributed by atoms with Gasteiger partial charge in [0.25, 0.3) is 0 Å². The number of halogens is 1. The van der Waals surface area contributed by atoms with Crippen molar-refractivity contribution in [3.63, 3.8) is 0 Å². The first-order valence-corrected chi connectivity index (χ1v) is 7.62. The van der Waals surface area contributed by atoms with E-state index < -0.39 is 0 Å². The standard InChI is InChI=1S/C17H28FNO/c1-4-6-14(2)11-16(13-19-9-10-20-3)15-7-5-8-17(18)12-15/h5,7-8,12,14,16,19H,4,6,9-11,13H2,1-3H3. The van der Waals surface area contributed by atoms with Gasteiger partial charge in [0.2, 0.25) is 0 Å². The Hall–Kier alpha value is -0.930. The van der Waals surface area contributed by atoms with Crippen molar-refractivity contribution in [3.8, 4) is 0 Å². The Morgan fingerprint density at radius 1 is 1.35 bits per heavy atom. The molecule has 2 nitrogen and oxygen atoms in total. The molecule has 0 aliphatic heterocycles. The molecule has 0 radical (unpaired) electrons. The number of rotatable bonds is 10.